The predicted octanol–water partition coefficient (Wildman–Crippen LogP) is 4.60. The van der Waals surface area contributed by atoms with Gasteiger partial charge in [0.05, 0.1) is 17.8 Å². The Bertz CT molecular complexity index is 1000. The topological polar surface area (TPSA) is 36.4 Å². The molecule has 2 heterocycles. The molecule has 1 aliphatic rings. The molecule has 0 aliphatic carbocycles. The predicted molar refractivity (Wildman–Crippen MR) is 117 cm³/mol. The van der Waals surface area contributed by atoms with E-state index in [4.69, 9.17) is 0 Å². The van der Waals surface area contributed by atoms with E-state index in [0.29, 0.717) is 37.6 Å². The Morgan fingerprint density at radius 2 is 1.77 bits per heavy atom. The summed E-state index contributed by atoms with van der Waals surface area (Å²) in [7, 11) is 0. The molecule has 0 N–H and O–H groups in total. The molecule has 0 unspecified atom stereocenters. The van der Waals surface area contributed by atoms with Crippen LogP contribution in [0, 0.1) is 11.6 Å². The summed E-state index contributed by atoms with van der Waals surface area (Å²) in [6.07, 6.45) is 0.271. The summed E-state index contributed by atoms with van der Waals surface area (Å²) in [6.45, 7) is 2.37. The van der Waals surface area contributed by atoms with Gasteiger partial charge in [0.1, 0.15) is 16.0 Å². The molecule has 156 valence electrons. The average Bonchev–Trinajstić information content (AvgIpc) is 3.21. The van der Waals surface area contributed by atoms with Crippen molar-refractivity contribution < 1.29 is 13.6 Å². The van der Waals surface area contributed by atoms with Gasteiger partial charge in [-0.05, 0) is 29.8 Å². The zero-order valence-electron chi connectivity index (χ0n) is 16.3. The summed E-state index contributed by atoms with van der Waals surface area (Å²) in [4.78, 5) is 21.0. The third-order valence-electron chi connectivity index (χ3n) is 4.96. The highest BCUT2D eigenvalue weighted by atomic mass is 32.2. The minimum atomic E-state index is -0.242. The number of carbonyl (C=O) groups is 1. The number of amides is 1. The lowest BCUT2D eigenvalue weighted by molar-refractivity contribution is -0.130. The van der Waals surface area contributed by atoms with Crippen LogP contribution in [0.15, 0.2) is 58.3 Å². The zero-order chi connectivity index (χ0) is 20.9. The molecule has 0 bridgehead atoms. The van der Waals surface area contributed by atoms with Crippen molar-refractivity contribution in [3.8, 4) is 0 Å². The molecule has 0 saturated carbocycles. The first-order chi connectivity index (χ1) is 14.6. The van der Waals surface area contributed by atoms with Crippen LogP contribution in [0.2, 0.25) is 0 Å². The van der Waals surface area contributed by atoms with Gasteiger partial charge in [-0.15, -0.1) is 11.3 Å². The van der Waals surface area contributed by atoms with Crippen LogP contribution in [0.25, 0.3) is 0 Å². The number of piperazine rings is 1. The van der Waals surface area contributed by atoms with Crippen LogP contribution in [0.3, 0.4) is 0 Å². The minimum absolute atomic E-state index is 0.0450. The van der Waals surface area contributed by atoms with Crippen molar-refractivity contribution in [1.82, 2.24) is 9.88 Å². The summed E-state index contributed by atoms with van der Waals surface area (Å²) < 4.78 is 27.8. The lowest BCUT2D eigenvalue weighted by Gasteiger charge is -2.36. The van der Waals surface area contributed by atoms with Crippen LogP contribution in [0.5, 0.6) is 0 Å². The normalized spacial score (nSPS) is 14.2. The number of rotatable bonds is 6. The average molecular weight is 446 g/mol. The molecule has 2 aromatic carbocycles. The number of hydrogen-bond acceptors (Lipinski definition) is 5. The van der Waals surface area contributed by atoms with Gasteiger partial charge in [0.15, 0.2) is 0 Å². The van der Waals surface area contributed by atoms with E-state index in [1.807, 2.05) is 21.2 Å². The van der Waals surface area contributed by atoms with Crippen molar-refractivity contribution in [1.29, 1.82) is 0 Å². The number of thiazole rings is 1. The first-order valence-corrected chi connectivity index (χ1v) is 11.5. The van der Waals surface area contributed by atoms with Gasteiger partial charge in [-0.3, -0.25) is 4.79 Å². The van der Waals surface area contributed by atoms with Gasteiger partial charge in [-0.1, -0.05) is 36.0 Å². The molecule has 30 heavy (non-hydrogen) atoms. The fourth-order valence-corrected chi connectivity index (χ4v) is 5.13. The van der Waals surface area contributed by atoms with E-state index in [0.717, 1.165) is 15.6 Å². The zero-order valence-corrected chi connectivity index (χ0v) is 17.9. The van der Waals surface area contributed by atoms with Crippen LogP contribution in [0.1, 0.15) is 11.3 Å². The third kappa shape index (κ3) is 5.17. The number of hydrogen-bond donors (Lipinski definition) is 0. The van der Waals surface area contributed by atoms with Gasteiger partial charge in [-0.25, -0.2) is 13.8 Å². The highest BCUT2D eigenvalue weighted by molar-refractivity contribution is 8.00. The van der Waals surface area contributed by atoms with Crippen LogP contribution in [-0.4, -0.2) is 42.0 Å². The molecular formula is C22H21F2N3OS2. The quantitative estimate of drug-likeness (QED) is 0.520. The van der Waals surface area contributed by atoms with E-state index >= 15 is 0 Å². The summed E-state index contributed by atoms with van der Waals surface area (Å²) >= 11 is 3.10. The Hall–Kier alpha value is -2.45. The van der Waals surface area contributed by atoms with Crippen molar-refractivity contribution in [3.63, 3.8) is 0 Å². The molecule has 1 aliphatic heterocycles. The maximum Gasteiger partial charge on any atom is 0.228 e. The number of para-hydroxylation sites is 1. The van der Waals surface area contributed by atoms with E-state index in [-0.39, 0.29) is 24.0 Å². The Morgan fingerprint density at radius 3 is 2.50 bits per heavy atom. The van der Waals surface area contributed by atoms with Gasteiger partial charge in [-0.2, -0.15) is 0 Å². The largest absolute Gasteiger partial charge is 0.366 e. The van der Waals surface area contributed by atoms with E-state index < -0.39 is 0 Å². The van der Waals surface area contributed by atoms with Crippen molar-refractivity contribution in [2.24, 2.45) is 0 Å². The fraction of sp³-hybridized carbons (Fsp3) is 0.273. The van der Waals surface area contributed by atoms with Crippen LogP contribution >= 0.6 is 23.1 Å². The fourth-order valence-electron chi connectivity index (χ4n) is 3.33. The maximum atomic E-state index is 14.0. The third-order valence-corrected chi connectivity index (χ3v) is 7.11. The van der Waals surface area contributed by atoms with Crippen LogP contribution in [0.4, 0.5) is 14.5 Å². The second-order valence-electron chi connectivity index (χ2n) is 7.02. The molecule has 8 heteroatoms. The standard InChI is InChI=1S/C22H21F2N3OS2/c23-17-7-5-16(6-8-17)14-29-22-25-18(15-30-22)13-21(28)27-11-9-26(10-12-27)20-4-2-1-3-19(20)24/h1-8,15H,9-14H2. The monoisotopic (exact) mass is 445 g/mol. The van der Waals surface area contributed by atoms with Gasteiger partial charge in [0.25, 0.3) is 0 Å². The maximum absolute atomic E-state index is 14.0. The van der Waals surface area contributed by atoms with Crippen LogP contribution in [-0.2, 0) is 17.0 Å². The van der Waals surface area contributed by atoms with Crippen molar-refractivity contribution in [2.75, 3.05) is 31.1 Å². The van der Waals surface area contributed by atoms with Gasteiger partial charge in [0.2, 0.25) is 5.91 Å². The smallest absolute Gasteiger partial charge is 0.228 e. The van der Waals surface area contributed by atoms with Crippen molar-refractivity contribution in [2.45, 2.75) is 16.5 Å². The van der Waals surface area contributed by atoms with E-state index in [1.54, 1.807) is 36.0 Å². The van der Waals surface area contributed by atoms with E-state index in [1.165, 1.54) is 29.5 Å². The second kappa shape index (κ2) is 9.57. The Morgan fingerprint density at radius 1 is 1.03 bits per heavy atom. The van der Waals surface area contributed by atoms with Crippen molar-refractivity contribution in [3.05, 3.63) is 76.8 Å². The Kier molecular flexibility index (Phi) is 6.64. The summed E-state index contributed by atoms with van der Waals surface area (Å²) in [5.41, 5.74) is 2.39. The summed E-state index contributed by atoms with van der Waals surface area (Å²) in [5, 5.41) is 1.92. The molecule has 3 aromatic rings. The Balaban J connectivity index is 1.26. The number of nitrogens with zero attached hydrogens (tertiary/aromatic N) is 3. The number of halogens is 2. The molecule has 0 spiro atoms. The molecule has 0 atom stereocenters. The van der Waals surface area contributed by atoms with Crippen LogP contribution < -0.4 is 4.90 Å². The van der Waals surface area contributed by atoms with E-state index in [9.17, 15) is 13.6 Å². The van der Waals surface area contributed by atoms with E-state index in [2.05, 4.69) is 4.98 Å². The molecule has 0 radical (unpaired) electrons. The molecule has 4 nitrogen and oxygen atoms in total. The first-order valence-electron chi connectivity index (χ1n) is 9.67. The minimum Gasteiger partial charge on any atom is -0.366 e. The first kappa shape index (κ1) is 20.8. The highest BCUT2D eigenvalue weighted by Crippen LogP contribution is 2.27. The van der Waals surface area contributed by atoms with Gasteiger partial charge in [0, 0.05) is 37.3 Å². The molecule has 1 saturated heterocycles. The number of thioether (sulfide) groups is 1. The number of carbonyl (C=O) groups excluding carboxylic acids is 1. The molecular weight excluding hydrogens is 424 g/mol. The lowest BCUT2D eigenvalue weighted by Crippen LogP contribution is -2.49. The lowest BCUT2D eigenvalue weighted by atomic mass is 10.2. The Labute approximate surface area is 182 Å². The highest BCUT2D eigenvalue weighted by Gasteiger charge is 2.23. The molecule has 1 aromatic heterocycles. The number of benzene rings is 2. The van der Waals surface area contributed by atoms with Gasteiger partial charge >= 0.3 is 0 Å². The second-order valence-corrected chi connectivity index (χ2v) is 9.10. The SMILES string of the molecule is O=C(Cc1csc(SCc2ccc(F)cc2)n1)N1CCN(c2ccccc2F)CC1. The number of anilines is 1. The van der Waals surface area contributed by atoms with Crippen molar-refractivity contribution >= 4 is 34.7 Å². The summed E-state index contributed by atoms with van der Waals surface area (Å²) in [6, 6.07) is 13.2. The number of aromatic nitrogens is 1. The molecule has 1 fully saturated rings. The van der Waals surface area contributed by atoms with Gasteiger partial charge < -0.3 is 9.80 Å². The summed E-state index contributed by atoms with van der Waals surface area (Å²) in [5.74, 6) is 0.279. The molecule has 4 rings (SSSR count). The molecule has 1 amide bonds.